The summed E-state index contributed by atoms with van der Waals surface area (Å²) < 4.78 is 49.0. The molecule has 5 nitrogen and oxygen atoms in total. The summed E-state index contributed by atoms with van der Waals surface area (Å²) >= 11 is 0. The fourth-order valence-corrected chi connectivity index (χ4v) is 1.13. The molecule has 1 aromatic heterocycles. The molecule has 0 saturated heterocycles. The molecule has 8 heteroatoms. The minimum Gasteiger partial charge on any atom is -0.476 e. The molecule has 0 aliphatic rings. The van der Waals surface area contributed by atoms with Gasteiger partial charge in [-0.25, -0.2) is 4.79 Å². The van der Waals surface area contributed by atoms with Crippen molar-refractivity contribution in [3.8, 4) is 5.88 Å². The SMILES string of the molecule is CC(C)(C)OC(=O)n1ccc(OCC(C)(C)C(F)(F)F)n1. The molecule has 0 amide bonds. The van der Waals surface area contributed by atoms with Gasteiger partial charge in [-0.2, -0.15) is 17.9 Å². The van der Waals surface area contributed by atoms with Crippen molar-refractivity contribution in [2.24, 2.45) is 5.41 Å². The minimum atomic E-state index is -4.39. The first-order chi connectivity index (χ1) is 9.32. The quantitative estimate of drug-likeness (QED) is 0.855. The summed E-state index contributed by atoms with van der Waals surface area (Å²) in [7, 11) is 0. The highest BCUT2D eigenvalue weighted by Crippen LogP contribution is 2.37. The molecule has 0 aliphatic carbocycles. The number of carbonyl (C=O) groups is 1. The number of alkyl halides is 3. The zero-order valence-electron chi connectivity index (χ0n) is 12.6. The van der Waals surface area contributed by atoms with Crippen LogP contribution >= 0.6 is 0 Å². The van der Waals surface area contributed by atoms with Crippen molar-refractivity contribution < 1.29 is 27.4 Å². The Labute approximate surface area is 121 Å². The predicted octanol–water partition coefficient (Wildman–Crippen LogP) is 3.63. The van der Waals surface area contributed by atoms with E-state index in [0.717, 1.165) is 18.5 Å². The summed E-state index contributed by atoms with van der Waals surface area (Å²) in [6.07, 6.45) is -3.85. The highest BCUT2D eigenvalue weighted by molar-refractivity contribution is 5.69. The monoisotopic (exact) mass is 308 g/mol. The van der Waals surface area contributed by atoms with Gasteiger partial charge in [-0.15, -0.1) is 5.10 Å². The molecule has 120 valence electrons. The van der Waals surface area contributed by atoms with Crippen LogP contribution in [0.2, 0.25) is 0 Å². The summed E-state index contributed by atoms with van der Waals surface area (Å²) in [5.41, 5.74) is -2.70. The summed E-state index contributed by atoms with van der Waals surface area (Å²) in [4.78, 5) is 11.7. The fourth-order valence-electron chi connectivity index (χ4n) is 1.13. The van der Waals surface area contributed by atoms with E-state index < -0.39 is 29.9 Å². The molecule has 0 bridgehead atoms. The van der Waals surface area contributed by atoms with E-state index in [0.29, 0.717) is 0 Å². The highest BCUT2D eigenvalue weighted by atomic mass is 19.4. The lowest BCUT2D eigenvalue weighted by atomic mass is 9.94. The van der Waals surface area contributed by atoms with Crippen molar-refractivity contribution in [3.05, 3.63) is 12.3 Å². The van der Waals surface area contributed by atoms with Crippen molar-refractivity contribution in [1.29, 1.82) is 0 Å². The highest BCUT2D eigenvalue weighted by Gasteiger charge is 2.48. The fraction of sp³-hybridized carbons (Fsp3) is 0.692. The van der Waals surface area contributed by atoms with Gasteiger partial charge in [0.05, 0.1) is 5.41 Å². The first-order valence-corrected chi connectivity index (χ1v) is 6.30. The Balaban J connectivity index is 2.67. The molecule has 0 spiro atoms. The number of rotatable bonds is 3. The molecule has 1 rings (SSSR count). The van der Waals surface area contributed by atoms with Gasteiger partial charge in [0, 0.05) is 12.3 Å². The second-order valence-electron chi connectivity index (χ2n) is 6.25. The lowest BCUT2D eigenvalue weighted by Crippen LogP contribution is -2.37. The largest absolute Gasteiger partial charge is 0.476 e. The van der Waals surface area contributed by atoms with Crippen LogP contribution in [-0.4, -0.2) is 34.3 Å². The van der Waals surface area contributed by atoms with Crippen LogP contribution in [0.5, 0.6) is 5.88 Å². The topological polar surface area (TPSA) is 53.4 Å². The maximum Gasteiger partial charge on any atom is 0.435 e. The number of ether oxygens (including phenoxy) is 2. The molecule has 1 heterocycles. The van der Waals surface area contributed by atoms with Crippen molar-refractivity contribution in [1.82, 2.24) is 9.78 Å². The Morgan fingerprint density at radius 3 is 2.29 bits per heavy atom. The Morgan fingerprint density at radius 2 is 1.81 bits per heavy atom. The van der Waals surface area contributed by atoms with Crippen LogP contribution in [0.1, 0.15) is 34.6 Å². The molecule has 0 saturated carbocycles. The van der Waals surface area contributed by atoms with Crippen LogP contribution < -0.4 is 4.74 Å². The average Bonchev–Trinajstić information content (AvgIpc) is 2.71. The maximum atomic E-state index is 12.7. The zero-order chi connectivity index (χ0) is 16.5. The number of halogens is 3. The van der Waals surface area contributed by atoms with E-state index in [9.17, 15) is 18.0 Å². The van der Waals surface area contributed by atoms with Crippen molar-refractivity contribution >= 4 is 6.09 Å². The first kappa shape index (κ1) is 17.3. The second-order valence-corrected chi connectivity index (χ2v) is 6.25. The lowest BCUT2D eigenvalue weighted by Gasteiger charge is -2.26. The minimum absolute atomic E-state index is 0.0711. The van der Waals surface area contributed by atoms with Crippen LogP contribution in [0.4, 0.5) is 18.0 Å². The lowest BCUT2D eigenvalue weighted by molar-refractivity contribution is -0.219. The van der Waals surface area contributed by atoms with Crippen molar-refractivity contribution in [3.63, 3.8) is 0 Å². The molecule has 0 radical (unpaired) electrons. The summed E-state index contributed by atoms with van der Waals surface area (Å²) in [6.45, 7) is 6.53. The van der Waals surface area contributed by atoms with Gasteiger partial charge < -0.3 is 9.47 Å². The summed E-state index contributed by atoms with van der Waals surface area (Å²) in [5, 5.41) is 3.73. The Kier molecular flexibility index (Phi) is 4.60. The van der Waals surface area contributed by atoms with Crippen LogP contribution in [0.3, 0.4) is 0 Å². The molecule has 0 aromatic carbocycles. The predicted molar refractivity (Wildman–Crippen MR) is 69.2 cm³/mol. The van der Waals surface area contributed by atoms with Crippen LogP contribution in [0.25, 0.3) is 0 Å². The van der Waals surface area contributed by atoms with E-state index in [1.165, 1.54) is 12.3 Å². The van der Waals surface area contributed by atoms with Gasteiger partial charge in [0.25, 0.3) is 0 Å². The van der Waals surface area contributed by atoms with E-state index in [2.05, 4.69) is 5.10 Å². The zero-order valence-corrected chi connectivity index (χ0v) is 12.6. The van der Waals surface area contributed by atoms with Gasteiger partial charge in [0.15, 0.2) is 0 Å². The third-order valence-electron chi connectivity index (χ3n) is 2.49. The van der Waals surface area contributed by atoms with Crippen molar-refractivity contribution in [2.75, 3.05) is 6.61 Å². The van der Waals surface area contributed by atoms with Gasteiger partial charge >= 0.3 is 12.3 Å². The number of hydrogen-bond acceptors (Lipinski definition) is 4. The van der Waals surface area contributed by atoms with Crippen LogP contribution in [0.15, 0.2) is 12.3 Å². The molecule has 0 fully saturated rings. The van der Waals surface area contributed by atoms with E-state index in [4.69, 9.17) is 9.47 Å². The first-order valence-electron chi connectivity index (χ1n) is 6.30. The maximum absolute atomic E-state index is 12.7. The van der Waals surface area contributed by atoms with Gasteiger partial charge in [-0.3, -0.25) is 0 Å². The average molecular weight is 308 g/mol. The third-order valence-corrected chi connectivity index (χ3v) is 2.49. The summed E-state index contributed by atoms with van der Waals surface area (Å²) in [6, 6.07) is 1.30. The molecule has 21 heavy (non-hydrogen) atoms. The standard InChI is InChI=1S/C13H19F3N2O3/c1-11(2,3)21-10(19)18-7-6-9(17-18)20-8-12(4,5)13(14,15)16/h6-7H,8H2,1-5H3. The Bertz CT molecular complexity index is 501. The van der Waals surface area contributed by atoms with Gasteiger partial charge in [0.2, 0.25) is 5.88 Å². The van der Waals surface area contributed by atoms with Gasteiger partial charge in [0.1, 0.15) is 12.2 Å². The van der Waals surface area contributed by atoms with E-state index >= 15 is 0 Å². The number of nitrogens with zero attached hydrogens (tertiary/aromatic N) is 2. The number of hydrogen-bond donors (Lipinski definition) is 0. The molecule has 0 N–H and O–H groups in total. The van der Waals surface area contributed by atoms with Crippen LogP contribution in [-0.2, 0) is 4.74 Å². The number of carbonyl (C=O) groups excluding carboxylic acids is 1. The molecule has 0 atom stereocenters. The Hall–Kier alpha value is -1.73. The van der Waals surface area contributed by atoms with Gasteiger partial charge in [-0.05, 0) is 34.6 Å². The van der Waals surface area contributed by atoms with E-state index in [1.807, 2.05) is 0 Å². The van der Waals surface area contributed by atoms with Crippen LogP contribution in [0, 0.1) is 5.41 Å². The van der Waals surface area contributed by atoms with Gasteiger partial charge in [-0.1, -0.05) is 0 Å². The second kappa shape index (κ2) is 5.57. The Morgan fingerprint density at radius 1 is 1.24 bits per heavy atom. The van der Waals surface area contributed by atoms with E-state index in [-0.39, 0.29) is 5.88 Å². The molecular formula is C13H19F3N2O3. The van der Waals surface area contributed by atoms with Crippen molar-refractivity contribution in [2.45, 2.75) is 46.4 Å². The molecule has 1 aromatic rings. The molecule has 0 aliphatic heterocycles. The third kappa shape index (κ3) is 4.95. The molecular weight excluding hydrogens is 289 g/mol. The normalized spacial score (nSPS) is 13.1. The smallest absolute Gasteiger partial charge is 0.435 e. The molecule has 0 unspecified atom stereocenters. The number of aromatic nitrogens is 2. The summed E-state index contributed by atoms with van der Waals surface area (Å²) in [5.74, 6) is -0.0711. The van der Waals surface area contributed by atoms with E-state index in [1.54, 1.807) is 20.8 Å².